The second kappa shape index (κ2) is 12.2. The predicted molar refractivity (Wildman–Crippen MR) is 53.7 cm³/mol. The standard InChI is InChI=1S/3H3N.H2O8S2.H2O3S/c;;;1-9(2,3)7-8-10(4,5)6;1-4(2)3/h3*1H3;(H,1,2,3)(H,4,5,6);(H2,1,2,3). The van der Waals surface area contributed by atoms with Gasteiger partial charge in [-0.3, -0.25) is 18.2 Å². The lowest BCUT2D eigenvalue weighted by Crippen LogP contribution is -2.10. The van der Waals surface area contributed by atoms with E-state index in [1.807, 2.05) is 0 Å². The summed E-state index contributed by atoms with van der Waals surface area (Å²) in [5.74, 6) is 0. The molecule has 0 bridgehead atoms. The molecule has 112 valence electrons. The van der Waals surface area contributed by atoms with Crippen LogP contribution in [0.2, 0.25) is 0 Å². The molecule has 0 atom stereocenters. The zero-order valence-electron chi connectivity index (χ0n) is 7.99. The minimum absolute atomic E-state index is 0. The van der Waals surface area contributed by atoms with E-state index in [2.05, 4.69) is 8.67 Å². The largest absolute Gasteiger partial charge is 0.425 e. The number of hydrogen-bond donors (Lipinski definition) is 7. The fraction of sp³-hybridized carbons (Fsp3) is 0. The fourth-order valence-corrected chi connectivity index (χ4v) is 0.632. The first-order valence-electron chi connectivity index (χ1n) is 2.06. The Balaban J connectivity index is -0.0000000607. The van der Waals surface area contributed by atoms with Crippen LogP contribution in [0.5, 0.6) is 0 Å². The minimum Gasteiger partial charge on any atom is -0.344 e. The van der Waals surface area contributed by atoms with E-state index in [9.17, 15) is 16.8 Å². The normalized spacial score (nSPS) is 9.94. The summed E-state index contributed by atoms with van der Waals surface area (Å²) in [6, 6.07) is 0. The van der Waals surface area contributed by atoms with Crippen LogP contribution >= 0.6 is 0 Å². The maximum atomic E-state index is 9.51. The highest BCUT2D eigenvalue weighted by Crippen LogP contribution is 1.92. The minimum atomic E-state index is -5.02. The summed E-state index contributed by atoms with van der Waals surface area (Å²) in [7, 11) is -10.0. The summed E-state index contributed by atoms with van der Waals surface area (Å²) >= 11 is -2.61. The van der Waals surface area contributed by atoms with Crippen molar-refractivity contribution in [2.24, 2.45) is 0 Å². The van der Waals surface area contributed by atoms with E-state index in [-0.39, 0.29) is 18.5 Å². The van der Waals surface area contributed by atoms with E-state index in [1.54, 1.807) is 0 Å². The molecular weight excluding hydrogens is 314 g/mol. The van der Waals surface area contributed by atoms with E-state index >= 15 is 0 Å². The predicted octanol–water partition coefficient (Wildman–Crippen LogP) is -1.29. The van der Waals surface area contributed by atoms with Gasteiger partial charge in [-0.25, -0.2) is 0 Å². The molecule has 0 aliphatic heterocycles. The Morgan fingerprint density at radius 3 is 0.941 bits per heavy atom. The lowest BCUT2D eigenvalue weighted by atomic mass is 14.0. The maximum Gasteiger partial charge on any atom is 0.425 e. The van der Waals surface area contributed by atoms with Gasteiger partial charge in [-0.05, 0) is 0 Å². The second-order valence-corrected chi connectivity index (χ2v) is 3.67. The van der Waals surface area contributed by atoms with Crippen molar-refractivity contribution in [2.45, 2.75) is 0 Å². The van der Waals surface area contributed by atoms with Gasteiger partial charge in [0.1, 0.15) is 0 Å². The SMILES string of the molecule is N.N.N.O=S(=O)(O)OOS(=O)(=O)O.O=S(O)O. The Labute approximate surface area is 99.0 Å². The van der Waals surface area contributed by atoms with Crippen LogP contribution in [-0.2, 0) is 40.8 Å². The van der Waals surface area contributed by atoms with Crippen molar-refractivity contribution < 1.29 is 47.9 Å². The zero-order chi connectivity index (χ0) is 12.0. The van der Waals surface area contributed by atoms with Crippen molar-refractivity contribution >= 4 is 32.2 Å². The highest BCUT2D eigenvalue weighted by molar-refractivity contribution is 7.83. The van der Waals surface area contributed by atoms with E-state index in [1.165, 1.54) is 0 Å². The van der Waals surface area contributed by atoms with Crippen LogP contribution in [0.3, 0.4) is 0 Å². The van der Waals surface area contributed by atoms with Crippen molar-refractivity contribution in [1.82, 2.24) is 18.5 Å². The van der Waals surface area contributed by atoms with Gasteiger partial charge in [-0.1, -0.05) is 8.67 Å². The van der Waals surface area contributed by atoms with E-state index in [0.29, 0.717) is 0 Å². The lowest BCUT2D eigenvalue weighted by Gasteiger charge is -1.92. The van der Waals surface area contributed by atoms with Crippen LogP contribution < -0.4 is 18.5 Å². The molecule has 17 heavy (non-hydrogen) atoms. The van der Waals surface area contributed by atoms with Crippen molar-refractivity contribution in [3.63, 3.8) is 0 Å². The van der Waals surface area contributed by atoms with Gasteiger partial charge in [0.05, 0.1) is 0 Å². The van der Waals surface area contributed by atoms with Crippen molar-refractivity contribution in [3.05, 3.63) is 0 Å². The molecule has 0 saturated heterocycles. The summed E-state index contributed by atoms with van der Waals surface area (Å²) in [5, 5.41) is 0. The zero-order valence-corrected chi connectivity index (χ0v) is 10.4. The number of rotatable bonds is 3. The average Bonchev–Trinajstić information content (AvgIpc) is 1.79. The van der Waals surface area contributed by atoms with Crippen molar-refractivity contribution in [2.75, 3.05) is 0 Å². The van der Waals surface area contributed by atoms with Gasteiger partial charge >= 0.3 is 20.8 Å². The topological polar surface area (TPSA) is 290 Å². The molecule has 0 aliphatic carbocycles. The number of hydrogen-bond acceptors (Lipinski definition) is 10. The fourth-order valence-electron chi connectivity index (χ4n) is 0.0702. The molecule has 0 spiro atoms. The van der Waals surface area contributed by atoms with Crippen LogP contribution in [0, 0.1) is 0 Å². The molecule has 0 heterocycles. The smallest absolute Gasteiger partial charge is 0.344 e. The van der Waals surface area contributed by atoms with Crippen LogP contribution in [0.4, 0.5) is 0 Å². The molecule has 0 aromatic rings. The molecule has 0 amide bonds. The molecule has 0 radical (unpaired) electrons. The molecule has 13 N–H and O–H groups in total. The highest BCUT2D eigenvalue weighted by Gasteiger charge is 2.13. The molecule has 17 heteroatoms. The summed E-state index contributed by atoms with van der Waals surface area (Å²) in [6.07, 6.45) is 0. The Morgan fingerprint density at radius 1 is 0.765 bits per heavy atom. The van der Waals surface area contributed by atoms with Gasteiger partial charge in [0.2, 0.25) is 0 Å². The van der Waals surface area contributed by atoms with Gasteiger partial charge in [0.25, 0.3) is 11.4 Å². The third-order valence-electron chi connectivity index (χ3n) is 0.200. The van der Waals surface area contributed by atoms with Gasteiger partial charge in [0, 0.05) is 0 Å². The molecule has 0 aromatic heterocycles. The van der Waals surface area contributed by atoms with Crippen molar-refractivity contribution in [3.8, 4) is 0 Å². The van der Waals surface area contributed by atoms with Crippen LogP contribution in [-0.4, -0.2) is 39.3 Å². The second-order valence-electron chi connectivity index (χ2n) is 1.22. The molecule has 0 fully saturated rings. The first-order chi connectivity index (χ1) is 5.94. The third-order valence-corrected chi connectivity index (χ3v) is 0.766. The van der Waals surface area contributed by atoms with Crippen LogP contribution in [0.15, 0.2) is 0 Å². The van der Waals surface area contributed by atoms with Gasteiger partial charge in [-0.2, -0.15) is 21.0 Å². The summed E-state index contributed by atoms with van der Waals surface area (Å²) < 4.78 is 81.7. The van der Waals surface area contributed by atoms with Crippen LogP contribution in [0.25, 0.3) is 0 Å². The summed E-state index contributed by atoms with van der Waals surface area (Å²) in [4.78, 5) is 0. The first-order valence-corrected chi connectivity index (χ1v) is 5.86. The molecule has 0 rings (SSSR count). The van der Waals surface area contributed by atoms with E-state index in [0.717, 1.165) is 0 Å². The molecule has 0 unspecified atom stereocenters. The van der Waals surface area contributed by atoms with Crippen molar-refractivity contribution in [1.29, 1.82) is 0 Å². The molecule has 0 aromatic carbocycles. The Morgan fingerprint density at radius 2 is 0.882 bits per heavy atom. The first kappa shape index (κ1) is 30.1. The quantitative estimate of drug-likeness (QED) is 0.137. The van der Waals surface area contributed by atoms with Gasteiger partial charge in [0.15, 0.2) is 0 Å². The highest BCUT2D eigenvalue weighted by atomic mass is 32.3. The maximum absolute atomic E-state index is 9.51. The third kappa shape index (κ3) is 65.7. The van der Waals surface area contributed by atoms with Gasteiger partial charge < -0.3 is 18.5 Å². The Hall–Kier alpha value is -0.310. The summed E-state index contributed by atoms with van der Waals surface area (Å²) in [5.41, 5.74) is 0. The van der Waals surface area contributed by atoms with E-state index < -0.39 is 32.2 Å². The van der Waals surface area contributed by atoms with Crippen LogP contribution in [0.1, 0.15) is 0 Å². The van der Waals surface area contributed by atoms with E-state index in [4.69, 9.17) is 22.4 Å². The summed E-state index contributed by atoms with van der Waals surface area (Å²) in [6.45, 7) is 0. The Bertz CT molecular complexity index is 329. The molecule has 0 saturated carbocycles. The molecular formula is H13N3O11S3. The monoisotopic (exact) mass is 327 g/mol. The molecule has 14 nitrogen and oxygen atoms in total. The molecule has 0 aliphatic rings. The Kier molecular flexibility index (Phi) is 21.5. The lowest BCUT2D eigenvalue weighted by molar-refractivity contribution is -0.105. The average molecular weight is 327 g/mol. The van der Waals surface area contributed by atoms with Gasteiger partial charge in [-0.15, -0.1) is 0 Å².